The maximum absolute atomic E-state index is 6.04. The van der Waals surface area contributed by atoms with Crippen LogP contribution in [0, 0.1) is 0 Å². The summed E-state index contributed by atoms with van der Waals surface area (Å²) in [6, 6.07) is 27.3. The number of para-hydroxylation sites is 2. The molecule has 3 aromatic carbocycles. The Morgan fingerprint density at radius 2 is 1.05 bits per heavy atom. The number of hydrogen-bond donors (Lipinski definition) is 0. The van der Waals surface area contributed by atoms with E-state index in [-0.39, 0.29) is 10.9 Å². The Morgan fingerprint density at radius 1 is 0.591 bits per heavy atom. The van der Waals surface area contributed by atoms with E-state index in [0.29, 0.717) is 0 Å². The summed E-state index contributed by atoms with van der Waals surface area (Å²) in [5, 5.41) is 0. The van der Waals surface area contributed by atoms with Gasteiger partial charge in [-0.2, -0.15) is 0 Å². The van der Waals surface area contributed by atoms with E-state index in [1.54, 1.807) is 0 Å². The summed E-state index contributed by atoms with van der Waals surface area (Å²) in [6.45, 7) is 4.00. The monoisotopic (exact) mass is 307 g/mol. The Labute approximate surface area is 134 Å². The molecule has 0 fully saturated rings. The van der Waals surface area contributed by atoms with Crippen molar-refractivity contribution in [2.24, 2.45) is 0 Å². The molecule has 1 nitrogen and oxygen atoms in total. The van der Waals surface area contributed by atoms with Crippen molar-refractivity contribution in [3.63, 3.8) is 0 Å². The minimum atomic E-state index is -0.0829. The van der Waals surface area contributed by atoms with Crippen LogP contribution in [-0.4, -0.2) is 0 Å². The first kappa shape index (κ1) is 14.7. The van der Waals surface area contributed by atoms with Gasteiger partial charge in [0.25, 0.3) is 0 Å². The molecule has 0 aromatic heterocycles. The lowest BCUT2D eigenvalue weighted by Crippen LogP contribution is -2.12. The summed E-state index contributed by atoms with van der Waals surface area (Å²) in [7, 11) is -0.0829. The van der Waals surface area contributed by atoms with Gasteiger partial charge >= 0.3 is 0 Å². The van der Waals surface area contributed by atoms with Gasteiger partial charge in [0, 0.05) is 0 Å². The molecule has 2 heteroatoms. The number of hydrogen-bond acceptors (Lipinski definition) is 1. The van der Waals surface area contributed by atoms with E-state index in [2.05, 4.69) is 54.6 Å². The van der Waals surface area contributed by atoms with Gasteiger partial charge in [-0.1, -0.05) is 56.3 Å². The van der Waals surface area contributed by atoms with Crippen molar-refractivity contribution in [1.29, 1.82) is 0 Å². The molecule has 0 atom stereocenters. The molecule has 4 rings (SSSR count). The minimum Gasteiger partial charge on any atom is -0.447 e. The summed E-state index contributed by atoms with van der Waals surface area (Å²) in [6.07, 6.45) is 0. The topological polar surface area (TPSA) is 9.23 Å². The van der Waals surface area contributed by atoms with Gasteiger partial charge in [0.2, 0.25) is 9.79 Å². The number of fused-ring (bicyclic) bond motifs is 2. The van der Waals surface area contributed by atoms with Gasteiger partial charge in [0.15, 0.2) is 16.4 Å². The molecule has 0 radical (unpaired) electrons. The third-order valence-corrected chi connectivity index (χ3v) is 5.63. The van der Waals surface area contributed by atoms with Gasteiger partial charge in [-0.05, 0) is 36.4 Å². The van der Waals surface area contributed by atoms with Crippen LogP contribution < -0.4 is 4.74 Å². The second-order valence-electron chi connectivity index (χ2n) is 4.61. The molecule has 3 aromatic rings. The maximum Gasteiger partial charge on any atom is 0.209 e. The second kappa shape index (κ2) is 6.71. The van der Waals surface area contributed by atoms with Crippen LogP contribution in [0.1, 0.15) is 13.8 Å². The molecule has 0 unspecified atom stereocenters. The fourth-order valence-corrected chi connectivity index (χ4v) is 4.68. The van der Waals surface area contributed by atoms with Crippen LogP contribution in [0.4, 0.5) is 0 Å². The fraction of sp³-hybridized carbons (Fsp3) is 0.100. The molecule has 0 saturated heterocycles. The number of benzene rings is 3. The molecule has 110 valence electrons. The molecule has 22 heavy (non-hydrogen) atoms. The Balaban J connectivity index is 0.000000693. The first-order chi connectivity index (χ1) is 10.9. The van der Waals surface area contributed by atoms with Crippen molar-refractivity contribution in [2.75, 3.05) is 0 Å². The highest BCUT2D eigenvalue weighted by atomic mass is 32.2. The molecule has 1 aliphatic heterocycles. The van der Waals surface area contributed by atoms with Crippen LogP contribution in [0.2, 0.25) is 0 Å². The third-order valence-electron chi connectivity index (χ3n) is 3.34. The van der Waals surface area contributed by atoms with Gasteiger partial charge < -0.3 is 4.74 Å². The average Bonchev–Trinajstić information content (AvgIpc) is 2.62. The Morgan fingerprint density at radius 3 is 1.59 bits per heavy atom. The van der Waals surface area contributed by atoms with E-state index >= 15 is 0 Å². The van der Waals surface area contributed by atoms with Crippen molar-refractivity contribution in [3.05, 3.63) is 78.9 Å². The van der Waals surface area contributed by atoms with Crippen molar-refractivity contribution in [1.82, 2.24) is 0 Å². The number of rotatable bonds is 1. The lowest BCUT2D eigenvalue weighted by molar-refractivity contribution is 0.453. The third kappa shape index (κ3) is 2.62. The van der Waals surface area contributed by atoms with Crippen LogP contribution in [-0.2, 0) is 10.9 Å². The van der Waals surface area contributed by atoms with Crippen LogP contribution in [0.25, 0.3) is 0 Å². The largest absolute Gasteiger partial charge is 0.447 e. The van der Waals surface area contributed by atoms with Gasteiger partial charge in [-0.25, -0.2) is 0 Å². The zero-order chi connectivity index (χ0) is 15.4. The van der Waals surface area contributed by atoms with E-state index in [9.17, 15) is 0 Å². The van der Waals surface area contributed by atoms with E-state index in [4.69, 9.17) is 4.74 Å². The number of ether oxygens (including phenoxy) is 1. The lowest BCUT2D eigenvalue weighted by Gasteiger charge is -2.19. The van der Waals surface area contributed by atoms with E-state index < -0.39 is 0 Å². The fourth-order valence-electron chi connectivity index (χ4n) is 2.45. The Bertz CT molecular complexity index is 707. The van der Waals surface area contributed by atoms with Crippen molar-refractivity contribution in [2.45, 2.75) is 28.5 Å². The van der Waals surface area contributed by atoms with Crippen molar-refractivity contribution >= 4 is 10.9 Å². The molecule has 0 aliphatic carbocycles. The molecule has 0 N–H and O–H groups in total. The Kier molecular flexibility index (Phi) is 4.50. The molecular weight excluding hydrogens is 288 g/mol. The zero-order valence-electron chi connectivity index (χ0n) is 12.8. The van der Waals surface area contributed by atoms with Crippen molar-refractivity contribution in [3.8, 4) is 11.5 Å². The standard InChI is InChI=1S/C18H13OS.C2H6/c1-2-8-14(9-3-1)20-17-12-6-4-10-15(17)19-16-11-5-7-13-18(16)20;1-2/h1-13H;1-2H3/q+1;. The van der Waals surface area contributed by atoms with Gasteiger partial charge in [0.05, 0.1) is 0 Å². The van der Waals surface area contributed by atoms with Crippen LogP contribution in [0.5, 0.6) is 11.5 Å². The van der Waals surface area contributed by atoms with E-state index in [1.807, 2.05) is 38.1 Å². The van der Waals surface area contributed by atoms with Crippen LogP contribution >= 0.6 is 0 Å². The predicted octanol–water partition coefficient (Wildman–Crippen LogP) is 5.91. The molecule has 1 aliphatic rings. The highest BCUT2D eigenvalue weighted by Crippen LogP contribution is 2.46. The summed E-state index contributed by atoms with van der Waals surface area (Å²) >= 11 is 0. The van der Waals surface area contributed by atoms with E-state index in [0.717, 1.165) is 11.5 Å². The Hall–Kier alpha value is -2.19. The highest BCUT2D eigenvalue weighted by Gasteiger charge is 2.38. The highest BCUT2D eigenvalue weighted by molar-refractivity contribution is 7.97. The zero-order valence-corrected chi connectivity index (χ0v) is 13.6. The molecule has 0 amide bonds. The summed E-state index contributed by atoms with van der Waals surface area (Å²) in [4.78, 5) is 3.85. The van der Waals surface area contributed by atoms with Crippen molar-refractivity contribution < 1.29 is 4.74 Å². The SMILES string of the molecule is CC.c1ccc([S+]2c3ccccc3Oc3ccccc32)cc1. The van der Waals surface area contributed by atoms with E-state index in [1.165, 1.54) is 14.7 Å². The second-order valence-corrected chi connectivity index (χ2v) is 6.58. The van der Waals surface area contributed by atoms with Gasteiger partial charge in [0.1, 0.15) is 10.9 Å². The summed E-state index contributed by atoms with van der Waals surface area (Å²) in [5.74, 6) is 1.94. The van der Waals surface area contributed by atoms with Gasteiger partial charge in [-0.3, -0.25) is 0 Å². The first-order valence-electron chi connectivity index (χ1n) is 7.59. The minimum absolute atomic E-state index is 0.0829. The normalized spacial score (nSPS) is 12.3. The lowest BCUT2D eigenvalue weighted by atomic mass is 10.3. The smallest absolute Gasteiger partial charge is 0.209 e. The van der Waals surface area contributed by atoms with Gasteiger partial charge in [-0.15, -0.1) is 0 Å². The average molecular weight is 307 g/mol. The molecule has 1 heterocycles. The summed E-state index contributed by atoms with van der Waals surface area (Å²) in [5.41, 5.74) is 0. The first-order valence-corrected chi connectivity index (χ1v) is 8.81. The molecule has 0 saturated carbocycles. The molecule has 0 bridgehead atoms. The maximum atomic E-state index is 6.04. The van der Waals surface area contributed by atoms with Crippen LogP contribution in [0.3, 0.4) is 0 Å². The van der Waals surface area contributed by atoms with Crippen LogP contribution in [0.15, 0.2) is 93.5 Å². The summed E-state index contributed by atoms with van der Waals surface area (Å²) < 4.78 is 6.04. The molecule has 0 spiro atoms. The predicted molar refractivity (Wildman–Crippen MR) is 92.9 cm³/mol. The molecular formula is C20H19OS+. The quantitative estimate of drug-likeness (QED) is 0.397.